The maximum atomic E-state index is 12.3. The van der Waals surface area contributed by atoms with Crippen LogP contribution in [-0.4, -0.2) is 23.5 Å². The molecule has 20 heavy (non-hydrogen) atoms. The number of nitrogens with zero attached hydrogens (tertiary/aromatic N) is 1. The third-order valence-electron chi connectivity index (χ3n) is 3.90. The fourth-order valence-electron chi connectivity index (χ4n) is 2.78. The van der Waals surface area contributed by atoms with Crippen molar-refractivity contribution in [3.05, 3.63) is 16.1 Å². The Hall–Kier alpha value is -0.940. The van der Waals surface area contributed by atoms with Crippen molar-refractivity contribution >= 4 is 17.2 Å². The second kappa shape index (κ2) is 7.18. The fraction of sp³-hybridized carbons (Fsp3) is 0.733. The standard InChI is InChI=1S/C15H25N3OS/c1-10(2)7-14-17-13(9-20-14)15(19)18-12-6-4-3-5-11(12)8-16/h9-12H,3-8,16H2,1-2H3,(H,18,19). The summed E-state index contributed by atoms with van der Waals surface area (Å²) in [5.41, 5.74) is 6.36. The smallest absolute Gasteiger partial charge is 0.270 e. The average Bonchev–Trinajstić information content (AvgIpc) is 2.87. The molecular weight excluding hydrogens is 270 g/mol. The van der Waals surface area contributed by atoms with Gasteiger partial charge in [-0.05, 0) is 31.2 Å². The molecule has 2 atom stereocenters. The molecule has 1 aromatic heterocycles. The van der Waals surface area contributed by atoms with Gasteiger partial charge in [0.05, 0.1) is 5.01 Å². The van der Waals surface area contributed by atoms with E-state index >= 15 is 0 Å². The van der Waals surface area contributed by atoms with Crippen LogP contribution >= 0.6 is 11.3 Å². The van der Waals surface area contributed by atoms with Crippen LogP contribution in [0.5, 0.6) is 0 Å². The topological polar surface area (TPSA) is 68.0 Å². The van der Waals surface area contributed by atoms with Crippen LogP contribution in [0.4, 0.5) is 0 Å². The summed E-state index contributed by atoms with van der Waals surface area (Å²) in [7, 11) is 0. The molecule has 5 heteroatoms. The Bertz CT molecular complexity index is 444. The Morgan fingerprint density at radius 2 is 2.25 bits per heavy atom. The van der Waals surface area contributed by atoms with Crippen LogP contribution in [0.1, 0.15) is 55.0 Å². The van der Waals surface area contributed by atoms with Gasteiger partial charge < -0.3 is 11.1 Å². The van der Waals surface area contributed by atoms with Crippen LogP contribution in [0.15, 0.2) is 5.38 Å². The zero-order valence-electron chi connectivity index (χ0n) is 12.4. The Balaban J connectivity index is 1.95. The number of carbonyl (C=O) groups excluding carboxylic acids is 1. The van der Waals surface area contributed by atoms with E-state index in [0.717, 1.165) is 24.3 Å². The normalized spacial score (nSPS) is 23.0. The van der Waals surface area contributed by atoms with Crippen molar-refractivity contribution in [3.8, 4) is 0 Å². The van der Waals surface area contributed by atoms with Gasteiger partial charge in [-0.25, -0.2) is 4.98 Å². The number of hydrogen-bond acceptors (Lipinski definition) is 4. The van der Waals surface area contributed by atoms with E-state index in [0.29, 0.717) is 24.1 Å². The van der Waals surface area contributed by atoms with Crippen molar-refractivity contribution in [1.29, 1.82) is 0 Å². The quantitative estimate of drug-likeness (QED) is 0.877. The highest BCUT2D eigenvalue weighted by molar-refractivity contribution is 7.09. The molecule has 2 rings (SSSR count). The lowest BCUT2D eigenvalue weighted by molar-refractivity contribution is 0.0903. The van der Waals surface area contributed by atoms with E-state index in [-0.39, 0.29) is 11.9 Å². The van der Waals surface area contributed by atoms with E-state index in [1.165, 1.54) is 12.8 Å². The van der Waals surface area contributed by atoms with Crippen molar-refractivity contribution in [3.63, 3.8) is 0 Å². The second-order valence-corrected chi connectivity index (χ2v) is 7.03. The van der Waals surface area contributed by atoms with Crippen LogP contribution < -0.4 is 11.1 Å². The first-order valence-electron chi connectivity index (χ1n) is 7.55. The Kier molecular flexibility index (Phi) is 5.54. The molecule has 2 unspecified atom stereocenters. The number of amides is 1. The number of thiazole rings is 1. The number of aromatic nitrogens is 1. The number of carbonyl (C=O) groups is 1. The largest absolute Gasteiger partial charge is 0.348 e. The zero-order chi connectivity index (χ0) is 14.5. The second-order valence-electron chi connectivity index (χ2n) is 6.08. The fourth-order valence-corrected chi connectivity index (χ4v) is 3.77. The number of nitrogens with one attached hydrogen (secondary N) is 1. The molecule has 1 amide bonds. The maximum Gasteiger partial charge on any atom is 0.270 e. The summed E-state index contributed by atoms with van der Waals surface area (Å²) in [5, 5.41) is 6.04. The monoisotopic (exact) mass is 295 g/mol. The molecule has 1 aliphatic rings. The summed E-state index contributed by atoms with van der Waals surface area (Å²) >= 11 is 1.58. The Morgan fingerprint density at radius 1 is 1.50 bits per heavy atom. The molecule has 112 valence electrons. The van der Waals surface area contributed by atoms with Crippen molar-refractivity contribution in [1.82, 2.24) is 10.3 Å². The Labute approximate surface area is 125 Å². The molecule has 4 nitrogen and oxygen atoms in total. The highest BCUT2D eigenvalue weighted by Gasteiger charge is 2.26. The molecule has 1 fully saturated rings. The molecule has 1 saturated carbocycles. The number of nitrogens with two attached hydrogens (primary N) is 1. The molecule has 1 heterocycles. The van der Waals surface area contributed by atoms with Gasteiger partial charge in [0.25, 0.3) is 5.91 Å². The van der Waals surface area contributed by atoms with Gasteiger partial charge in [-0.3, -0.25) is 4.79 Å². The zero-order valence-corrected chi connectivity index (χ0v) is 13.2. The molecular formula is C15H25N3OS. The lowest BCUT2D eigenvalue weighted by Crippen LogP contribution is -2.44. The summed E-state index contributed by atoms with van der Waals surface area (Å²) in [6, 6.07) is 0.219. The Morgan fingerprint density at radius 3 is 2.95 bits per heavy atom. The first kappa shape index (κ1) is 15.4. The summed E-state index contributed by atoms with van der Waals surface area (Å²) in [4.78, 5) is 16.7. The van der Waals surface area contributed by atoms with Gasteiger partial charge in [-0.15, -0.1) is 11.3 Å². The highest BCUT2D eigenvalue weighted by Crippen LogP contribution is 2.24. The average molecular weight is 295 g/mol. The van der Waals surface area contributed by atoms with E-state index in [9.17, 15) is 4.79 Å². The number of hydrogen-bond donors (Lipinski definition) is 2. The van der Waals surface area contributed by atoms with Crippen molar-refractivity contribution in [2.45, 2.75) is 52.0 Å². The predicted molar refractivity (Wildman–Crippen MR) is 82.9 cm³/mol. The van der Waals surface area contributed by atoms with Crippen LogP contribution in [0.3, 0.4) is 0 Å². The van der Waals surface area contributed by atoms with Crippen LogP contribution in [0.2, 0.25) is 0 Å². The molecule has 0 aromatic carbocycles. The van der Waals surface area contributed by atoms with Gasteiger partial charge in [-0.2, -0.15) is 0 Å². The summed E-state index contributed by atoms with van der Waals surface area (Å²) in [5.74, 6) is 0.945. The molecule has 1 aromatic rings. The lowest BCUT2D eigenvalue weighted by atomic mass is 9.84. The van der Waals surface area contributed by atoms with Gasteiger partial charge in [0.15, 0.2) is 0 Å². The predicted octanol–water partition coefficient (Wildman–Crippen LogP) is 2.59. The van der Waals surface area contributed by atoms with E-state index in [1.54, 1.807) is 11.3 Å². The lowest BCUT2D eigenvalue weighted by Gasteiger charge is -2.31. The van der Waals surface area contributed by atoms with E-state index in [2.05, 4.69) is 24.1 Å². The van der Waals surface area contributed by atoms with Crippen LogP contribution in [0, 0.1) is 11.8 Å². The van der Waals surface area contributed by atoms with Gasteiger partial charge >= 0.3 is 0 Å². The van der Waals surface area contributed by atoms with E-state index in [1.807, 2.05) is 5.38 Å². The molecule has 0 radical (unpaired) electrons. The molecule has 0 bridgehead atoms. The van der Waals surface area contributed by atoms with Crippen molar-refractivity contribution in [2.24, 2.45) is 17.6 Å². The number of rotatable bonds is 5. The molecule has 1 aliphatic carbocycles. The highest BCUT2D eigenvalue weighted by atomic mass is 32.1. The van der Waals surface area contributed by atoms with Crippen molar-refractivity contribution in [2.75, 3.05) is 6.54 Å². The minimum Gasteiger partial charge on any atom is -0.348 e. The SMILES string of the molecule is CC(C)Cc1nc(C(=O)NC2CCCCC2CN)cs1. The van der Waals surface area contributed by atoms with Crippen LogP contribution in [-0.2, 0) is 6.42 Å². The first-order valence-corrected chi connectivity index (χ1v) is 8.43. The summed E-state index contributed by atoms with van der Waals surface area (Å²) < 4.78 is 0. The van der Waals surface area contributed by atoms with Gasteiger partial charge in [0.1, 0.15) is 5.69 Å². The molecule has 0 aliphatic heterocycles. The summed E-state index contributed by atoms with van der Waals surface area (Å²) in [6.45, 7) is 4.98. The maximum absolute atomic E-state index is 12.3. The molecule has 0 saturated heterocycles. The molecule has 0 spiro atoms. The van der Waals surface area contributed by atoms with Gasteiger partial charge in [-0.1, -0.05) is 26.7 Å². The summed E-state index contributed by atoms with van der Waals surface area (Å²) in [6.07, 6.45) is 5.50. The van der Waals surface area contributed by atoms with E-state index in [4.69, 9.17) is 5.73 Å². The third kappa shape index (κ3) is 4.03. The van der Waals surface area contributed by atoms with Gasteiger partial charge in [0, 0.05) is 17.8 Å². The minimum atomic E-state index is -0.0402. The minimum absolute atomic E-state index is 0.0402. The van der Waals surface area contributed by atoms with E-state index < -0.39 is 0 Å². The molecule has 3 N–H and O–H groups in total. The van der Waals surface area contributed by atoms with Crippen molar-refractivity contribution < 1.29 is 4.79 Å². The third-order valence-corrected chi connectivity index (χ3v) is 4.77. The van der Waals surface area contributed by atoms with Crippen LogP contribution in [0.25, 0.3) is 0 Å². The van der Waals surface area contributed by atoms with Gasteiger partial charge in [0.2, 0.25) is 0 Å². The first-order chi connectivity index (χ1) is 9.60.